The van der Waals surface area contributed by atoms with Crippen LogP contribution in [0.15, 0.2) is 21.9 Å². The van der Waals surface area contributed by atoms with Crippen molar-refractivity contribution in [2.24, 2.45) is 0 Å². The zero-order valence-corrected chi connectivity index (χ0v) is 14.4. The van der Waals surface area contributed by atoms with E-state index in [0.717, 1.165) is 30.8 Å². The van der Waals surface area contributed by atoms with Crippen LogP contribution in [0.5, 0.6) is 0 Å². The molecule has 0 spiro atoms. The highest BCUT2D eigenvalue weighted by atomic mass is 32.1. The van der Waals surface area contributed by atoms with E-state index < -0.39 is 11.5 Å². The van der Waals surface area contributed by atoms with Crippen LogP contribution in [0.3, 0.4) is 0 Å². The van der Waals surface area contributed by atoms with Gasteiger partial charge in [-0.3, -0.25) is 14.2 Å². The van der Waals surface area contributed by atoms with E-state index in [1.165, 1.54) is 21.0 Å². The number of nitrogens with zero attached hydrogens (tertiary/aromatic N) is 1. The number of hydrogen-bond acceptors (Lipinski definition) is 4. The second kappa shape index (κ2) is 5.12. The first kappa shape index (κ1) is 15.0. The van der Waals surface area contributed by atoms with Crippen molar-refractivity contribution < 1.29 is 4.39 Å². The summed E-state index contributed by atoms with van der Waals surface area (Å²) in [5.41, 5.74) is 2.62. The fourth-order valence-electron chi connectivity index (χ4n) is 3.80. The molecule has 4 heterocycles. The Morgan fingerprint density at radius 3 is 2.80 bits per heavy atom. The largest absolute Gasteiger partial charge is 0.333 e. The minimum absolute atomic E-state index is 0.161. The number of aromatic amines is 1. The van der Waals surface area contributed by atoms with Crippen LogP contribution < -0.4 is 16.6 Å². The zero-order valence-electron chi connectivity index (χ0n) is 13.6. The smallest absolute Gasteiger partial charge is 0.308 e. The molecule has 0 bridgehead atoms. The van der Waals surface area contributed by atoms with E-state index in [1.54, 1.807) is 11.3 Å². The van der Waals surface area contributed by atoms with Gasteiger partial charge in [-0.15, -0.1) is 11.3 Å². The first-order valence-corrected chi connectivity index (χ1v) is 9.16. The van der Waals surface area contributed by atoms with Gasteiger partial charge in [-0.1, -0.05) is 0 Å². The highest BCUT2D eigenvalue weighted by molar-refractivity contribution is 7.15. The van der Waals surface area contributed by atoms with Crippen molar-refractivity contribution in [3.63, 3.8) is 0 Å². The molecule has 5 nitrogen and oxygen atoms in total. The lowest BCUT2D eigenvalue weighted by molar-refractivity contribution is 0.619. The Bertz CT molecular complexity index is 1130. The summed E-state index contributed by atoms with van der Waals surface area (Å²) in [6.07, 6.45) is 3.08. The van der Waals surface area contributed by atoms with Gasteiger partial charge in [0, 0.05) is 34.0 Å². The average molecular weight is 357 g/mol. The summed E-state index contributed by atoms with van der Waals surface area (Å²) >= 11 is 1.57. The van der Waals surface area contributed by atoms with E-state index in [4.69, 9.17) is 0 Å². The average Bonchev–Trinajstić information content (AvgIpc) is 3.16. The zero-order chi connectivity index (χ0) is 17.3. The number of rotatable bonds is 2. The molecule has 2 aliphatic rings. The first-order chi connectivity index (χ1) is 12.0. The van der Waals surface area contributed by atoms with Crippen LogP contribution in [0.25, 0.3) is 16.0 Å². The molecule has 128 valence electrons. The van der Waals surface area contributed by atoms with Crippen molar-refractivity contribution >= 4 is 16.9 Å². The normalized spacial score (nSPS) is 16.6. The molecule has 0 amide bonds. The minimum atomic E-state index is -0.587. The number of hydrogen-bond donors (Lipinski definition) is 2. The summed E-state index contributed by atoms with van der Waals surface area (Å²) in [4.78, 5) is 29.0. The molecule has 0 saturated heterocycles. The Labute approximate surface area is 146 Å². The van der Waals surface area contributed by atoms with Crippen LogP contribution in [0.2, 0.25) is 0 Å². The van der Waals surface area contributed by atoms with Crippen LogP contribution in [0.1, 0.15) is 40.3 Å². The van der Waals surface area contributed by atoms with E-state index in [0.29, 0.717) is 22.2 Å². The fraction of sp³-hybridized carbons (Fsp3) is 0.333. The van der Waals surface area contributed by atoms with Gasteiger partial charge in [-0.2, -0.15) is 0 Å². The van der Waals surface area contributed by atoms with Gasteiger partial charge in [-0.25, -0.2) is 9.18 Å². The third-order valence-corrected chi connectivity index (χ3v) is 6.32. The van der Waals surface area contributed by atoms with Gasteiger partial charge < -0.3 is 5.32 Å². The number of thiophene rings is 1. The molecule has 0 aromatic carbocycles. The third-order valence-electron chi connectivity index (χ3n) is 5.12. The van der Waals surface area contributed by atoms with Crippen LogP contribution in [0, 0.1) is 12.7 Å². The van der Waals surface area contributed by atoms with E-state index in [9.17, 15) is 14.0 Å². The van der Waals surface area contributed by atoms with E-state index >= 15 is 0 Å². The minimum Gasteiger partial charge on any atom is -0.308 e. The molecular weight excluding hydrogens is 341 g/mol. The molecule has 1 aliphatic heterocycles. The third kappa shape index (κ3) is 2.15. The lowest BCUT2D eigenvalue weighted by Crippen LogP contribution is -2.29. The van der Waals surface area contributed by atoms with Crippen molar-refractivity contribution in [2.45, 2.75) is 38.8 Å². The molecule has 2 N–H and O–H groups in total. The van der Waals surface area contributed by atoms with Crippen molar-refractivity contribution in [3.8, 4) is 10.4 Å². The van der Waals surface area contributed by atoms with Crippen LogP contribution >= 0.6 is 11.3 Å². The van der Waals surface area contributed by atoms with Gasteiger partial charge >= 0.3 is 5.69 Å². The van der Waals surface area contributed by atoms with Gasteiger partial charge in [-0.05, 0) is 42.9 Å². The fourth-order valence-corrected chi connectivity index (χ4v) is 5.05. The second-order valence-corrected chi connectivity index (χ2v) is 7.94. The monoisotopic (exact) mass is 357 g/mol. The molecule has 3 aromatic heterocycles. The molecule has 3 aromatic rings. The van der Waals surface area contributed by atoms with Gasteiger partial charge in [0.25, 0.3) is 5.56 Å². The molecular formula is C18H16FN3O2S. The lowest BCUT2D eigenvalue weighted by atomic mass is 10.0. The number of halogens is 1. The van der Waals surface area contributed by atoms with Crippen molar-refractivity contribution in [1.29, 1.82) is 0 Å². The summed E-state index contributed by atoms with van der Waals surface area (Å²) in [6, 6.07) is 2.02. The standard InChI is InChI=1S/C18H16FN3O2S/c1-8-14(12-4-10-5-20-6-13(10)25-12)11(19)7-22-16(8)15(9-2-3-9)17(23)21-18(22)24/h4,7,9,20H,2-3,5-6H2,1H3,(H,21,23,24). The molecule has 1 aliphatic carbocycles. The number of aryl methyl sites for hydroxylation is 1. The number of H-pyrrole nitrogens is 1. The number of fused-ring (bicyclic) bond motifs is 2. The lowest BCUT2D eigenvalue weighted by Gasteiger charge is -2.13. The maximum atomic E-state index is 14.9. The SMILES string of the molecule is Cc1c(-c2cc3c(s2)CNC3)c(F)cn2c(=O)[nH]c(=O)c(C3CC3)c12. The second-order valence-electron chi connectivity index (χ2n) is 6.81. The van der Waals surface area contributed by atoms with Crippen LogP contribution in [0.4, 0.5) is 4.39 Å². The Morgan fingerprint density at radius 2 is 2.08 bits per heavy atom. The van der Waals surface area contributed by atoms with Crippen LogP contribution in [-0.4, -0.2) is 9.38 Å². The Hall–Kier alpha value is -2.25. The van der Waals surface area contributed by atoms with Crippen LogP contribution in [-0.2, 0) is 13.1 Å². The first-order valence-electron chi connectivity index (χ1n) is 8.35. The molecule has 25 heavy (non-hydrogen) atoms. The Morgan fingerprint density at radius 1 is 1.28 bits per heavy atom. The molecule has 0 radical (unpaired) electrons. The quantitative estimate of drug-likeness (QED) is 0.741. The number of pyridine rings is 1. The Balaban J connectivity index is 1.87. The molecule has 0 unspecified atom stereocenters. The maximum absolute atomic E-state index is 14.9. The summed E-state index contributed by atoms with van der Waals surface area (Å²) in [5.74, 6) is -0.275. The van der Waals surface area contributed by atoms with Crippen molar-refractivity contribution in [3.05, 3.63) is 60.5 Å². The van der Waals surface area contributed by atoms with E-state index in [-0.39, 0.29) is 11.5 Å². The predicted molar refractivity (Wildman–Crippen MR) is 94.8 cm³/mol. The number of aromatic nitrogens is 2. The molecule has 0 atom stereocenters. The number of nitrogens with one attached hydrogen (secondary N) is 2. The summed E-state index contributed by atoms with van der Waals surface area (Å²) in [5, 5.41) is 3.28. The van der Waals surface area contributed by atoms with Gasteiger partial charge in [0.05, 0.1) is 11.7 Å². The highest BCUT2D eigenvalue weighted by Crippen LogP contribution is 2.43. The van der Waals surface area contributed by atoms with Gasteiger partial charge in [0.15, 0.2) is 0 Å². The van der Waals surface area contributed by atoms with Crippen molar-refractivity contribution in [1.82, 2.24) is 14.7 Å². The summed E-state index contributed by atoms with van der Waals surface area (Å²) < 4.78 is 16.2. The van der Waals surface area contributed by atoms with Gasteiger partial charge in [0.1, 0.15) is 5.82 Å². The maximum Gasteiger partial charge on any atom is 0.333 e. The predicted octanol–water partition coefficient (Wildman–Crippen LogP) is 2.64. The highest BCUT2D eigenvalue weighted by Gasteiger charge is 2.31. The van der Waals surface area contributed by atoms with E-state index in [2.05, 4.69) is 10.3 Å². The Kier molecular flexibility index (Phi) is 3.08. The summed E-state index contributed by atoms with van der Waals surface area (Å²) in [6.45, 7) is 3.41. The molecule has 5 rings (SSSR count). The summed E-state index contributed by atoms with van der Waals surface area (Å²) in [7, 11) is 0. The van der Waals surface area contributed by atoms with E-state index in [1.807, 2.05) is 13.0 Å². The van der Waals surface area contributed by atoms with Crippen molar-refractivity contribution in [2.75, 3.05) is 0 Å². The molecule has 1 fully saturated rings. The molecule has 7 heteroatoms. The topological polar surface area (TPSA) is 66.4 Å². The molecule has 1 saturated carbocycles. The van der Waals surface area contributed by atoms with Gasteiger partial charge in [0.2, 0.25) is 0 Å².